The molecule has 106 valence electrons. The van der Waals surface area contributed by atoms with Crippen LogP contribution in [0.3, 0.4) is 0 Å². The summed E-state index contributed by atoms with van der Waals surface area (Å²) in [4.78, 5) is 25.5. The minimum absolute atomic E-state index is 0.0260. The number of halogens is 1. The normalized spacial score (nSPS) is 12.3. The first-order valence-electron chi connectivity index (χ1n) is 6.08. The molecule has 0 spiro atoms. The summed E-state index contributed by atoms with van der Waals surface area (Å²) in [6.07, 6.45) is 1.90. The van der Waals surface area contributed by atoms with Crippen molar-refractivity contribution in [2.75, 3.05) is 14.1 Å². The van der Waals surface area contributed by atoms with Crippen molar-refractivity contribution in [2.45, 2.75) is 26.3 Å². The third-order valence-electron chi connectivity index (χ3n) is 2.61. The van der Waals surface area contributed by atoms with E-state index >= 15 is 0 Å². The van der Waals surface area contributed by atoms with Crippen molar-refractivity contribution in [3.05, 3.63) is 23.1 Å². The minimum atomic E-state index is -0.562. The highest BCUT2D eigenvalue weighted by atomic mass is 35.5. The second-order valence-electron chi connectivity index (χ2n) is 5.00. The lowest BCUT2D eigenvalue weighted by Crippen LogP contribution is -2.46. The van der Waals surface area contributed by atoms with Gasteiger partial charge in [0.2, 0.25) is 11.1 Å². The summed E-state index contributed by atoms with van der Waals surface area (Å²) < 4.78 is 4.87. The van der Waals surface area contributed by atoms with Gasteiger partial charge < -0.3 is 14.6 Å². The predicted octanol–water partition coefficient (Wildman–Crippen LogP) is 2.17. The molecule has 0 aliphatic rings. The Hall–Kier alpha value is -1.49. The van der Waals surface area contributed by atoms with E-state index in [0.29, 0.717) is 6.42 Å². The zero-order valence-corrected chi connectivity index (χ0v) is 12.3. The monoisotopic (exact) mass is 286 g/mol. The van der Waals surface area contributed by atoms with E-state index in [0.717, 1.165) is 0 Å². The molecule has 0 radical (unpaired) electrons. The van der Waals surface area contributed by atoms with E-state index in [1.165, 1.54) is 17.2 Å². The van der Waals surface area contributed by atoms with Gasteiger partial charge >= 0.3 is 0 Å². The maximum absolute atomic E-state index is 12.0. The Morgan fingerprint density at radius 1 is 1.42 bits per heavy atom. The number of carbonyl (C=O) groups excluding carboxylic acids is 2. The number of nitrogens with one attached hydrogen (secondary N) is 1. The number of rotatable bonds is 5. The Balaban J connectivity index is 2.80. The van der Waals surface area contributed by atoms with Crippen LogP contribution in [-0.4, -0.2) is 36.9 Å². The third-order valence-corrected chi connectivity index (χ3v) is 2.91. The molecule has 19 heavy (non-hydrogen) atoms. The van der Waals surface area contributed by atoms with Gasteiger partial charge in [-0.2, -0.15) is 0 Å². The van der Waals surface area contributed by atoms with E-state index in [4.69, 9.17) is 16.0 Å². The van der Waals surface area contributed by atoms with Gasteiger partial charge in [0.15, 0.2) is 0 Å². The summed E-state index contributed by atoms with van der Waals surface area (Å²) in [5.74, 6) is -0.254. The van der Waals surface area contributed by atoms with Gasteiger partial charge in [0.1, 0.15) is 6.04 Å². The van der Waals surface area contributed by atoms with Crippen molar-refractivity contribution in [1.82, 2.24) is 10.2 Å². The Morgan fingerprint density at radius 2 is 2.05 bits per heavy atom. The molecular formula is C13H19ClN2O3. The van der Waals surface area contributed by atoms with Crippen LogP contribution in [0.2, 0.25) is 5.22 Å². The summed E-state index contributed by atoms with van der Waals surface area (Å²) >= 11 is 5.74. The van der Waals surface area contributed by atoms with Crippen molar-refractivity contribution in [3.8, 4) is 0 Å². The van der Waals surface area contributed by atoms with Crippen LogP contribution in [0.1, 0.15) is 30.6 Å². The average molecular weight is 287 g/mol. The number of hydrogen-bond donors (Lipinski definition) is 1. The van der Waals surface area contributed by atoms with E-state index in [2.05, 4.69) is 5.32 Å². The molecule has 1 N–H and O–H groups in total. The minimum Gasteiger partial charge on any atom is -0.452 e. The van der Waals surface area contributed by atoms with E-state index in [9.17, 15) is 9.59 Å². The van der Waals surface area contributed by atoms with Crippen LogP contribution in [0.25, 0.3) is 0 Å². The fourth-order valence-electron chi connectivity index (χ4n) is 1.70. The standard InChI is InChI=1S/C13H19ClN2O3/c1-8(2)7-10(13(18)16(3)4)15-12(17)9-5-6-19-11(9)14/h5-6,8,10H,7H2,1-4H3,(H,15,17). The Bertz CT molecular complexity index is 454. The molecule has 1 atom stereocenters. The van der Waals surface area contributed by atoms with Crippen LogP contribution < -0.4 is 5.32 Å². The van der Waals surface area contributed by atoms with E-state index in [-0.39, 0.29) is 22.6 Å². The van der Waals surface area contributed by atoms with Crippen LogP contribution in [-0.2, 0) is 4.79 Å². The number of furan rings is 1. The van der Waals surface area contributed by atoms with Crippen molar-refractivity contribution < 1.29 is 14.0 Å². The highest BCUT2D eigenvalue weighted by Crippen LogP contribution is 2.17. The first-order valence-corrected chi connectivity index (χ1v) is 6.45. The second kappa shape index (κ2) is 6.61. The quantitative estimate of drug-likeness (QED) is 0.902. The fourth-order valence-corrected chi connectivity index (χ4v) is 1.90. The lowest BCUT2D eigenvalue weighted by atomic mass is 10.0. The average Bonchev–Trinajstić information content (AvgIpc) is 2.72. The van der Waals surface area contributed by atoms with Gasteiger partial charge in [0.05, 0.1) is 11.8 Å². The van der Waals surface area contributed by atoms with Crippen LogP contribution in [0.4, 0.5) is 0 Å². The van der Waals surface area contributed by atoms with E-state index < -0.39 is 11.9 Å². The van der Waals surface area contributed by atoms with Gasteiger partial charge in [-0.3, -0.25) is 9.59 Å². The first-order chi connectivity index (χ1) is 8.82. The van der Waals surface area contributed by atoms with Crippen LogP contribution in [0, 0.1) is 5.92 Å². The predicted molar refractivity (Wildman–Crippen MR) is 73.1 cm³/mol. The summed E-state index contributed by atoms with van der Waals surface area (Å²) in [5.41, 5.74) is 0.238. The molecule has 0 aliphatic heterocycles. The smallest absolute Gasteiger partial charge is 0.256 e. The van der Waals surface area contributed by atoms with Crippen molar-refractivity contribution in [1.29, 1.82) is 0 Å². The molecule has 1 aromatic heterocycles. The molecule has 1 aromatic rings. The molecule has 1 unspecified atom stereocenters. The number of nitrogens with zero attached hydrogens (tertiary/aromatic N) is 1. The van der Waals surface area contributed by atoms with Gasteiger partial charge in [0.25, 0.3) is 5.91 Å². The molecule has 1 heterocycles. The molecule has 1 rings (SSSR count). The van der Waals surface area contributed by atoms with Crippen molar-refractivity contribution >= 4 is 23.4 Å². The zero-order chi connectivity index (χ0) is 14.6. The lowest BCUT2D eigenvalue weighted by Gasteiger charge is -2.23. The maximum atomic E-state index is 12.0. The highest BCUT2D eigenvalue weighted by Gasteiger charge is 2.25. The molecule has 0 fully saturated rings. The molecule has 0 saturated carbocycles. The Kier molecular flexibility index (Phi) is 5.42. The number of carbonyl (C=O) groups is 2. The van der Waals surface area contributed by atoms with Gasteiger partial charge in [0, 0.05) is 14.1 Å². The third kappa shape index (κ3) is 4.28. The largest absolute Gasteiger partial charge is 0.452 e. The molecule has 0 aromatic carbocycles. The van der Waals surface area contributed by atoms with E-state index in [1.807, 2.05) is 13.8 Å². The van der Waals surface area contributed by atoms with Gasteiger partial charge in [-0.05, 0) is 30.0 Å². The van der Waals surface area contributed by atoms with Gasteiger partial charge in [-0.25, -0.2) is 0 Å². The summed E-state index contributed by atoms with van der Waals surface area (Å²) in [5, 5.41) is 2.72. The molecule has 0 aliphatic carbocycles. The number of hydrogen-bond acceptors (Lipinski definition) is 3. The molecule has 0 bridgehead atoms. The summed E-state index contributed by atoms with van der Waals surface area (Å²) in [6, 6.07) is 0.915. The summed E-state index contributed by atoms with van der Waals surface area (Å²) in [6.45, 7) is 3.99. The molecule has 5 nitrogen and oxygen atoms in total. The first kappa shape index (κ1) is 15.6. The van der Waals surface area contributed by atoms with Crippen LogP contribution in [0.15, 0.2) is 16.7 Å². The number of amides is 2. The second-order valence-corrected chi connectivity index (χ2v) is 5.34. The zero-order valence-electron chi connectivity index (χ0n) is 11.6. The van der Waals surface area contributed by atoms with Gasteiger partial charge in [-0.15, -0.1) is 0 Å². The SMILES string of the molecule is CC(C)CC(NC(=O)c1ccoc1Cl)C(=O)N(C)C. The lowest BCUT2D eigenvalue weighted by molar-refractivity contribution is -0.131. The van der Waals surface area contributed by atoms with Crippen LogP contribution in [0.5, 0.6) is 0 Å². The molecule has 0 saturated heterocycles. The molecular weight excluding hydrogens is 268 g/mol. The van der Waals surface area contributed by atoms with Crippen molar-refractivity contribution in [3.63, 3.8) is 0 Å². The van der Waals surface area contributed by atoms with Gasteiger partial charge in [-0.1, -0.05) is 13.8 Å². The highest BCUT2D eigenvalue weighted by molar-refractivity contribution is 6.32. The fraction of sp³-hybridized carbons (Fsp3) is 0.538. The molecule has 6 heteroatoms. The van der Waals surface area contributed by atoms with Crippen LogP contribution >= 0.6 is 11.6 Å². The summed E-state index contributed by atoms with van der Waals surface area (Å²) in [7, 11) is 3.32. The topological polar surface area (TPSA) is 62.6 Å². The van der Waals surface area contributed by atoms with Crippen molar-refractivity contribution in [2.24, 2.45) is 5.92 Å². The molecule has 2 amide bonds. The maximum Gasteiger partial charge on any atom is 0.256 e. The number of likely N-dealkylation sites (N-methyl/N-ethyl adjacent to an activating group) is 1. The Morgan fingerprint density at radius 3 is 2.47 bits per heavy atom. The van der Waals surface area contributed by atoms with E-state index in [1.54, 1.807) is 14.1 Å². The Labute approximate surface area is 117 Å².